The summed E-state index contributed by atoms with van der Waals surface area (Å²) in [4.78, 5) is 0. The van der Waals surface area contributed by atoms with Crippen molar-refractivity contribution in [1.29, 1.82) is 0 Å². The van der Waals surface area contributed by atoms with Crippen LogP contribution >= 0.6 is 0 Å². The molecule has 0 spiro atoms. The maximum atomic E-state index is 6.13. The molecule has 2 aromatic carbocycles. The van der Waals surface area contributed by atoms with Gasteiger partial charge in [-0.05, 0) is 23.7 Å². The van der Waals surface area contributed by atoms with E-state index in [2.05, 4.69) is 49.4 Å². The topological polar surface area (TPSA) is 18.5 Å². The Morgan fingerprint density at radius 3 is 2.42 bits per heavy atom. The molecule has 19 heavy (non-hydrogen) atoms. The van der Waals surface area contributed by atoms with Gasteiger partial charge in [0.1, 0.15) is 0 Å². The summed E-state index contributed by atoms with van der Waals surface area (Å²) >= 11 is 0. The van der Waals surface area contributed by atoms with Crippen LogP contribution in [0.25, 0.3) is 10.8 Å². The molecule has 0 aliphatic heterocycles. The molecule has 0 heterocycles. The van der Waals surface area contributed by atoms with Crippen LogP contribution in [0.2, 0.25) is 6.04 Å². The molecular formula is C16H22O2Si. The Morgan fingerprint density at radius 2 is 1.74 bits per heavy atom. The average molecular weight is 274 g/mol. The monoisotopic (exact) mass is 274 g/mol. The third-order valence-electron chi connectivity index (χ3n) is 3.49. The van der Waals surface area contributed by atoms with Gasteiger partial charge in [-0.3, -0.25) is 0 Å². The standard InChI is InChI=1S/C16H22O2Si/c1-4-13-19(17-3,18-5-2)16-12-8-10-14-9-6-7-11-15(14)16/h6-12H,4-5,13H2,1-3H3. The highest BCUT2D eigenvalue weighted by molar-refractivity contribution is 6.83. The average Bonchev–Trinajstić information content (AvgIpc) is 2.46. The van der Waals surface area contributed by atoms with Gasteiger partial charge in [-0.15, -0.1) is 0 Å². The Hall–Kier alpha value is -1.16. The van der Waals surface area contributed by atoms with E-state index >= 15 is 0 Å². The van der Waals surface area contributed by atoms with E-state index in [0.717, 1.165) is 12.5 Å². The molecule has 2 aromatic rings. The molecule has 0 saturated carbocycles. The molecule has 0 N–H and O–H groups in total. The van der Waals surface area contributed by atoms with E-state index in [0.29, 0.717) is 6.61 Å². The van der Waals surface area contributed by atoms with Crippen molar-refractivity contribution in [3.63, 3.8) is 0 Å². The maximum absolute atomic E-state index is 6.13. The molecule has 0 aliphatic rings. The molecule has 3 heteroatoms. The molecule has 0 aromatic heterocycles. The maximum Gasteiger partial charge on any atom is 0.372 e. The van der Waals surface area contributed by atoms with Gasteiger partial charge in [0, 0.05) is 18.9 Å². The number of rotatable bonds is 6. The van der Waals surface area contributed by atoms with Crippen molar-refractivity contribution >= 4 is 24.5 Å². The van der Waals surface area contributed by atoms with Crippen LogP contribution in [-0.4, -0.2) is 22.3 Å². The summed E-state index contributed by atoms with van der Waals surface area (Å²) in [6, 6.07) is 15.9. The van der Waals surface area contributed by atoms with Gasteiger partial charge in [0.2, 0.25) is 0 Å². The van der Waals surface area contributed by atoms with Crippen molar-refractivity contribution in [1.82, 2.24) is 0 Å². The van der Waals surface area contributed by atoms with Crippen molar-refractivity contribution < 1.29 is 8.85 Å². The SMILES string of the molecule is CCC[Si](OC)(OCC)c1cccc2ccccc12. The van der Waals surface area contributed by atoms with E-state index in [9.17, 15) is 0 Å². The third kappa shape index (κ3) is 2.73. The van der Waals surface area contributed by atoms with E-state index in [4.69, 9.17) is 8.85 Å². The Morgan fingerprint density at radius 1 is 1.00 bits per heavy atom. The van der Waals surface area contributed by atoms with E-state index in [-0.39, 0.29) is 0 Å². The van der Waals surface area contributed by atoms with Crippen LogP contribution in [0.15, 0.2) is 42.5 Å². The van der Waals surface area contributed by atoms with Gasteiger partial charge < -0.3 is 8.85 Å². The highest BCUT2D eigenvalue weighted by atomic mass is 28.4. The highest BCUT2D eigenvalue weighted by Crippen LogP contribution is 2.21. The van der Waals surface area contributed by atoms with Gasteiger partial charge in [-0.2, -0.15) is 0 Å². The van der Waals surface area contributed by atoms with Crippen LogP contribution in [0, 0.1) is 0 Å². The molecule has 0 aliphatic carbocycles. The summed E-state index contributed by atoms with van der Waals surface area (Å²) < 4.78 is 12.1. The fraction of sp³-hybridized carbons (Fsp3) is 0.375. The zero-order valence-corrected chi connectivity index (χ0v) is 13.0. The number of fused-ring (bicyclic) bond motifs is 1. The predicted molar refractivity (Wildman–Crippen MR) is 83.1 cm³/mol. The summed E-state index contributed by atoms with van der Waals surface area (Å²) in [6.07, 6.45) is 1.07. The van der Waals surface area contributed by atoms with Gasteiger partial charge >= 0.3 is 8.56 Å². The van der Waals surface area contributed by atoms with Crippen LogP contribution in [0.4, 0.5) is 0 Å². The second kappa shape index (κ2) is 6.33. The van der Waals surface area contributed by atoms with Crippen LogP contribution < -0.4 is 5.19 Å². The molecule has 2 rings (SSSR count). The minimum atomic E-state index is -2.31. The first kappa shape index (κ1) is 14.3. The third-order valence-corrected chi connectivity index (χ3v) is 7.32. The lowest BCUT2D eigenvalue weighted by Crippen LogP contribution is -2.53. The Balaban J connectivity index is 2.61. The van der Waals surface area contributed by atoms with Crippen molar-refractivity contribution in [2.75, 3.05) is 13.7 Å². The zero-order valence-electron chi connectivity index (χ0n) is 12.0. The fourth-order valence-electron chi connectivity index (χ4n) is 2.68. The summed E-state index contributed by atoms with van der Waals surface area (Å²) in [5.74, 6) is 0. The van der Waals surface area contributed by atoms with Crippen LogP contribution in [0.5, 0.6) is 0 Å². The summed E-state index contributed by atoms with van der Waals surface area (Å²) in [5, 5.41) is 3.78. The van der Waals surface area contributed by atoms with Gasteiger partial charge in [-0.1, -0.05) is 55.8 Å². The highest BCUT2D eigenvalue weighted by Gasteiger charge is 2.39. The molecule has 0 radical (unpaired) electrons. The van der Waals surface area contributed by atoms with E-state index < -0.39 is 8.56 Å². The van der Waals surface area contributed by atoms with E-state index in [1.807, 2.05) is 6.92 Å². The molecule has 0 fully saturated rings. The largest absolute Gasteiger partial charge is 0.394 e. The van der Waals surface area contributed by atoms with Crippen LogP contribution in [-0.2, 0) is 8.85 Å². The fourth-order valence-corrected chi connectivity index (χ4v) is 5.90. The Bertz CT molecular complexity index is 528. The van der Waals surface area contributed by atoms with Crippen LogP contribution in [0.1, 0.15) is 20.3 Å². The normalized spacial score (nSPS) is 14.5. The summed E-state index contributed by atoms with van der Waals surface area (Å²) in [5.41, 5.74) is 0. The Kier molecular flexibility index (Phi) is 4.74. The quantitative estimate of drug-likeness (QED) is 0.750. The molecule has 0 saturated heterocycles. The van der Waals surface area contributed by atoms with Gasteiger partial charge in [0.25, 0.3) is 0 Å². The zero-order chi connectivity index (χ0) is 13.7. The predicted octanol–water partition coefficient (Wildman–Crippen LogP) is 3.58. The molecule has 0 amide bonds. The smallest absolute Gasteiger partial charge is 0.372 e. The minimum Gasteiger partial charge on any atom is -0.394 e. The molecule has 2 nitrogen and oxygen atoms in total. The first-order valence-corrected chi connectivity index (χ1v) is 8.97. The van der Waals surface area contributed by atoms with Crippen molar-refractivity contribution in [3.8, 4) is 0 Å². The summed E-state index contributed by atoms with van der Waals surface area (Å²) in [7, 11) is -0.519. The van der Waals surface area contributed by atoms with Crippen molar-refractivity contribution in [2.45, 2.75) is 26.3 Å². The molecule has 102 valence electrons. The second-order valence-electron chi connectivity index (χ2n) is 4.67. The molecular weight excluding hydrogens is 252 g/mol. The van der Waals surface area contributed by atoms with Gasteiger partial charge in [0.15, 0.2) is 0 Å². The molecule has 1 unspecified atom stereocenters. The van der Waals surface area contributed by atoms with Gasteiger partial charge in [-0.25, -0.2) is 0 Å². The lowest BCUT2D eigenvalue weighted by molar-refractivity contribution is 0.222. The van der Waals surface area contributed by atoms with Crippen molar-refractivity contribution in [2.24, 2.45) is 0 Å². The Labute approximate surface area is 116 Å². The van der Waals surface area contributed by atoms with E-state index in [1.54, 1.807) is 7.11 Å². The summed E-state index contributed by atoms with van der Waals surface area (Å²) in [6.45, 7) is 4.93. The molecule has 1 atom stereocenters. The molecule has 0 bridgehead atoms. The van der Waals surface area contributed by atoms with E-state index in [1.165, 1.54) is 16.0 Å². The van der Waals surface area contributed by atoms with Crippen molar-refractivity contribution in [3.05, 3.63) is 42.5 Å². The van der Waals surface area contributed by atoms with Gasteiger partial charge in [0.05, 0.1) is 0 Å². The lowest BCUT2D eigenvalue weighted by atomic mass is 10.1. The van der Waals surface area contributed by atoms with Crippen LogP contribution in [0.3, 0.4) is 0 Å². The number of hydrogen-bond donors (Lipinski definition) is 0. The number of benzene rings is 2. The minimum absolute atomic E-state index is 0.698. The second-order valence-corrected chi connectivity index (χ2v) is 7.91. The first-order valence-electron chi connectivity index (χ1n) is 6.94. The first-order chi connectivity index (χ1) is 9.27. The lowest BCUT2D eigenvalue weighted by Gasteiger charge is -2.29. The number of hydrogen-bond acceptors (Lipinski definition) is 2.